The van der Waals surface area contributed by atoms with Crippen molar-refractivity contribution in [3.63, 3.8) is 0 Å². The Morgan fingerprint density at radius 3 is 2.89 bits per heavy atom. The molecule has 1 heterocycles. The predicted molar refractivity (Wildman–Crippen MR) is 72.4 cm³/mol. The number of nitrogens with zero attached hydrogens (tertiary/aromatic N) is 1. The monoisotopic (exact) mass is 267 g/mol. The molecule has 1 fully saturated rings. The molecule has 1 aliphatic heterocycles. The number of carbonyl (C=O) groups is 1. The van der Waals surface area contributed by atoms with E-state index in [0.29, 0.717) is 16.3 Å². The zero-order valence-corrected chi connectivity index (χ0v) is 11.5. The number of rotatable bonds is 2. The lowest BCUT2D eigenvalue weighted by molar-refractivity contribution is 0.0632. The van der Waals surface area contributed by atoms with Crippen molar-refractivity contribution in [3.05, 3.63) is 28.8 Å². The average molecular weight is 268 g/mol. The van der Waals surface area contributed by atoms with Crippen LogP contribution in [0.3, 0.4) is 0 Å². The Morgan fingerprint density at radius 1 is 1.44 bits per heavy atom. The molecule has 0 unspecified atom stereocenters. The zero-order valence-electron chi connectivity index (χ0n) is 10.8. The largest absolute Gasteiger partial charge is 0.496 e. The number of methoxy groups -OCH3 is 1. The molecule has 18 heavy (non-hydrogen) atoms. The zero-order chi connectivity index (χ0) is 13.1. The van der Waals surface area contributed by atoms with Crippen molar-refractivity contribution in [2.45, 2.75) is 32.2 Å². The highest BCUT2D eigenvalue weighted by molar-refractivity contribution is 6.31. The number of benzene rings is 1. The van der Waals surface area contributed by atoms with Crippen molar-refractivity contribution in [2.75, 3.05) is 13.7 Å². The second-order valence-electron chi connectivity index (χ2n) is 4.69. The number of carbonyl (C=O) groups excluding carboxylic acids is 1. The summed E-state index contributed by atoms with van der Waals surface area (Å²) in [7, 11) is 1.57. The lowest BCUT2D eigenvalue weighted by atomic mass is 10.0. The second kappa shape index (κ2) is 5.61. The first-order chi connectivity index (χ1) is 8.63. The SMILES string of the molecule is COc1ccc(Cl)cc1C(=O)N1CCCC[C@H]1C. The molecule has 98 valence electrons. The van der Waals surface area contributed by atoms with Gasteiger partial charge in [-0.05, 0) is 44.4 Å². The third kappa shape index (κ3) is 2.61. The summed E-state index contributed by atoms with van der Waals surface area (Å²) < 4.78 is 5.24. The minimum absolute atomic E-state index is 0.0153. The molecule has 0 aromatic heterocycles. The van der Waals surface area contributed by atoms with Gasteiger partial charge in [-0.3, -0.25) is 4.79 Å². The minimum Gasteiger partial charge on any atom is -0.496 e. The van der Waals surface area contributed by atoms with Crippen molar-refractivity contribution >= 4 is 17.5 Å². The molecule has 0 spiro atoms. The predicted octanol–water partition coefficient (Wildman–Crippen LogP) is 3.36. The Balaban J connectivity index is 2.29. The third-order valence-electron chi connectivity index (χ3n) is 3.46. The first-order valence-corrected chi connectivity index (χ1v) is 6.66. The van der Waals surface area contributed by atoms with Gasteiger partial charge in [-0.1, -0.05) is 11.6 Å². The summed E-state index contributed by atoms with van der Waals surface area (Å²) in [6.45, 7) is 2.91. The Hall–Kier alpha value is -1.22. The van der Waals surface area contributed by atoms with E-state index in [1.807, 2.05) is 4.90 Å². The summed E-state index contributed by atoms with van der Waals surface area (Å²) in [5.41, 5.74) is 0.554. The molecule has 1 amide bonds. The topological polar surface area (TPSA) is 29.5 Å². The summed E-state index contributed by atoms with van der Waals surface area (Å²) in [4.78, 5) is 14.4. The molecule has 1 aromatic rings. The van der Waals surface area contributed by atoms with Crippen LogP contribution in [0.2, 0.25) is 5.02 Å². The van der Waals surface area contributed by atoms with E-state index in [2.05, 4.69) is 6.92 Å². The maximum absolute atomic E-state index is 12.5. The number of piperidine rings is 1. The van der Waals surface area contributed by atoms with Crippen LogP contribution in [-0.2, 0) is 0 Å². The standard InChI is InChI=1S/C14H18ClNO2/c1-10-5-3-4-8-16(10)14(17)12-9-11(15)6-7-13(12)18-2/h6-7,9-10H,3-5,8H2,1-2H3/t10-/m1/s1. The van der Waals surface area contributed by atoms with Crippen LogP contribution < -0.4 is 4.74 Å². The van der Waals surface area contributed by atoms with Crippen LogP contribution in [0.5, 0.6) is 5.75 Å². The molecule has 0 saturated carbocycles. The van der Waals surface area contributed by atoms with E-state index in [-0.39, 0.29) is 11.9 Å². The van der Waals surface area contributed by atoms with Gasteiger partial charge in [0.25, 0.3) is 5.91 Å². The summed E-state index contributed by atoms with van der Waals surface area (Å²) in [5, 5.41) is 0.559. The van der Waals surface area contributed by atoms with E-state index < -0.39 is 0 Å². The lowest BCUT2D eigenvalue weighted by Crippen LogP contribution is -2.42. The normalized spacial score (nSPS) is 19.7. The maximum atomic E-state index is 12.5. The van der Waals surface area contributed by atoms with E-state index in [1.54, 1.807) is 25.3 Å². The van der Waals surface area contributed by atoms with E-state index in [1.165, 1.54) is 6.42 Å². The Kier molecular flexibility index (Phi) is 4.12. The van der Waals surface area contributed by atoms with Gasteiger partial charge in [0, 0.05) is 17.6 Å². The molecule has 2 rings (SSSR count). The highest BCUT2D eigenvalue weighted by Crippen LogP contribution is 2.26. The highest BCUT2D eigenvalue weighted by Gasteiger charge is 2.26. The van der Waals surface area contributed by atoms with Crippen LogP contribution in [0.1, 0.15) is 36.5 Å². The molecule has 0 bridgehead atoms. The van der Waals surface area contributed by atoms with Gasteiger partial charge in [0.05, 0.1) is 12.7 Å². The van der Waals surface area contributed by atoms with Gasteiger partial charge < -0.3 is 9.64 Å². The van der Waals surface area contributed by atoms with Crippen molar-refractivity contribution in [1.29, 1.82) is 0 Å². The van der Waals surface area contributed by atoms with Crippen molar-refractivity contribution in [1.82, 2.24) is 4.90 Å². The summed E-state index contributed by atoms with van der Waals surface area (Å²) in [6, 6.07) is 5.44. The van der Waals surface area contributed by atoms with Crippen molar-refractivity contribution in [2.24, 2.45) is 0 Å². The van der Waals surface area contributed by atoms with E-state index in [4.69, 9.17) is 16.3 Å². The highest BCUT2D eigenvalue weighted by atomic mass is 35.5. The smallest absolute Gasteiger partial charge is 0.257 e. The van der Waals surface area contributed by atoms with Crippen molar-refractivity contribution in [3.8, 4) is 5.75 Å². The second-order valence-corrected chi connectivity index (χ2v) is 5.12. The molecule has 0 radical (unpaired) electrons. The van der Waals surface area contributed by atoms with Crippen molar-refractivity contribution < 1.29 is 9.53 Å². The first-order valence-electron chi connectivity index (χ1n) is 6.28. The van der Waals surface area contributed by atoms with Gasteiger partial charge in [0.15, 0.2) is 0 Å². The van der Waals surface area contributed by atoms with Gasteiger partial charge in [-0.25, -0.2) is 0 Å². The number of amides is 1. The molecule has 1 saturated heterocycles. The molecule has 1 atom stereocenters. The summed E-state index contributed by atoms with van der Waals surface area (Å²) in [6.07, 6.45) is 3.32. The maximum Gasteiger partial charge on any atom is 0.257 e. The molecular formula is C14H18ClNO2. The fraction of sp³-hybridized carbons (Fsp3) is 0.500. The molecule has 0 N–H and O–H groups in total. The summed E-state index contributed by atoms with van der Waals surface area (Å²) in [5.74, 6) is 0.601. The third-order valence-corrected chi connectivity index (χ3v) is 3.69. The molecule has 3 nitrogen and oxygen atoms in total. The van der Waals surface area contributed by atoms with Crippen LogP contribution in [0.25, 0.3) is 0 Å². The molecule has 1 aromatic carbocycles. The first kappa shape index (κ1) is 13.2. The van der Waals surface area contributed by atoms with Gasteiger partial charge in [0.2, 0.25) is 0 Å². The van der Waals surface area contributed by atoms with Gasteiger partial charge >= 0.3 is 0 Å². The molecule has 0 aliphatic carbocycles. The quantitative estimate of drug-likeness (QED) is 0.822. The van der Waals surface area contributed by atoms with E-state index in [0.717, 1.165) is 19.4 Å². The van der Waals surface area contributed by atoms with Gasteiger partial charge in [0.1, 0.15) is 5.75 Å². The lowest BCUT2D eigenvalue weighted by Gasteiger charge is -2.33. The van der Waals surface area contributed by atoms with Gasteiger partial charge in [-0.15, -0.1) is 0 Å². The van der Waals surface area contributed by atoms with E-state index >= 15 is 0 Å². The molecule has 4 heteroatoms. The Bertz CT molecular complexity index is 447. The van der Waals surface area contributed by atoms with Crippen LogP contribution in [0, 0.1) is 0 Å². The number of ether oxygens (including phenoxy) is 1. The number of hydrogen-bond acceptors (Lipinski definition) is 2. The van der Waals surface area contributed by atoms with Crippen LogP contribution in [-0.4, -0.2) is 30.5 Å². The Labute approximate surface area is 113 Å². The Morgan fingerprint density at radius 2 is 2.22 bits per heavy atom. The van der Waals surface area contributed by atoms with Gasteiger partial charge in [-0.2, -0.15) is 0 Å². The van der Waals surface area contributed by atoms with Crippen LogP contribution in [0.4, 0.5) is 0 Å². The van der Waals surface area contributed by atoms with Crippen LogP contribution in [0.15, 0.2) is 18.2 Å². The van der Waals surface area contributed by atoms with Crippen LogP contribution >= 0.6 is 11.6 Å². The molecule has 1 aliphatic rings. The fourth-order valence-electron chi connectivity index (χ4n) is 2.40. The number of likely N-dealkylation sites (tertiary alicyclic amines) is 1. The fourth-order valence-corrected chi connectivity index (χ4v) is 2.57. The number of halogens is 1. The minimum atomic E-state index is 0.0153. The summed E-state index contributed by atoms with van der Waals surface area (Å²) >= 11 is 5.97. The molecular weight excluding hydrogens is 250 g/mol. The average Bonchev–Trinajstić information content (AvgIpc) is 2.38. The van der Waals surface area contributed by atoms with E-state index in [9.17, 15) is 4.79 Å². The number of hydrogen-bond donors (Lipinski definition) is 0.